The summed E-state index contributed by atoms with van der Waals surface area (Å²) in [6.07, 6.45) is -2.86. The SMILES string of the molecule is CN1CCN(Cc2ccc(N(C(N)=O)c3ccc(CN)cc3)cc2C(F)(F)F)CC1.O=C1CC1. The first-order chi connectivity index (χ1) is 16.1. The van der Waals surface area contributed by atoms with Gasteiger partial charge in [-0.05, 0) is 42.4 Å². The lowest BCUT2D eigenvalue weighted by Gasteiger charge is -2.33. The van der Waals surface area contributed by atoms with E-state index in [1.165, 1.54) is 12.1 Å². The number of carbonyl (C=O) groups is 2. The van der Waals surface area contributed by atoms with Crippen LogP contribution < -0.4 is 16.4 Å². The molecular weight excluding hydrogens is 447 g/mol. The van der Waals surface area contributed by atoms with Crippen molar-refractivity contribution in [2.45, 2.75) is 32.1 Å². The second kappa shape index (κ2) is 11.0. The molecule has 0 bridgehead atoms. The van der Waals surface area contributed by atoms with Crippen LogP contribution in [0.15, 0.2) is 42.5 Å². The van der Waals surface area contributed by atoms with E-state index in [9.17, 15) is 22.8 Å². The molecule has 2 aliphatic rings. The molecule has 2 fully saturated rings. The summed E-state index contributed by atoms with van der Waals surface area (Å²) in [5, 5.41) is 0. The molecule has 34 heavy (non-hydrogen) atoms. The van der Waals surface area contributed by atoms with E-state index in [4.69, 9.17) is 11.5 Å². The minimum Gasteiger partial charge on any atom is -0.351 e. The molecule has 2 amide bonds. The Morgan fingerprint density at radius 1 is 1.00 bits per heavy atom. The van der Waals surface area contributed by atoms with Crippen molar-refractivity contribution in [1.29, 1.82) is 0 Å². The first-order valence-electron chi connectivity index (χ1n) is 11.1. The number of amides is 2. The zero-order valence-electron chi connectivity index (χ0n) is 19.1. The van der Waals surface area contributed by atoms with Gasteiger partial charge in [0.05, 0.1) is 16.9 Å². The zero-order valence-corrected chi connectivity index (χ0v) is 19.1. The largest absolute Gasteiger partial charge is 0.416 e. The van der Waals surface area contributed by atoms with Crippen LogP contribution in [-0.4, -0.2) is 54.8 Å². The van der Waals surface area contributed by atoms with E-state index in [0.29, 0.717) is 31.1 Å². The quantitative estimate of drug-likeness (QED) is 0.688. The lowest BCUT2D eigenvalue weighted by atomic mass is 10.0. The van der Waals surface area contributed by atoms with E-state index in [-0.39, 0.29) is 17.8 Å². The Morgan fingerprint density at radius 2 is 1.56 bits per heavy atom. The molecule has 2 aromatic carbocycles. The summed E-state index contributed by atoms with van der Waals surface area (Å²) in [6.45, 7) is 3.55. The Balaban J connectivity index is 0.000000732. The van der Waals surface area contributed by atoms with E-state index >= 15 is 0 Å². The molecule has 1 heterocycles. The molecule has 184 valence electrons. The highest BCUT2D eigenvalue weighted by Gasteiger charge is 2.35. The third-order valence-electron chi connectivity index (χ3n) is 5.75. The summed E-state index contributed by atoms with van der Waals surface area (Å²) in [4.78, 5) is 26.8. The number of primary amides is 1. The smallest absolute Gasteiger partial charge is 0.351 e. The fourth-order valence-corrected chi connectivity index (χ4v) is 3.59. The van der Waals surface area contributed by atoms with Gasteiger partial charge in [0.25, 0.3) is 0 Å². The number of hydrogen-bond acceptors (Lipinski definition) is 5. The molecule has 7 nitrogen and oxygen atoms in total. The van der Waals surface area contributed by atoms with Gasteiger partial charge in [-0.25, -0.2) is 4.79 Å². The third kappa shape index (κ3) is 7.02. The monoisotopic (exact) mass is 477 g/mol. The van der Waals surface area contributed by atoms with Gasteiger partial charge in [0.1, 0.15) is 5.78 Å². The van der Waals surface area contributed by atoms with Crippen molar-refractivity contribution < 1.29 is 22.8 Å². The minimum atomic E-state index is -4.55. The standard InChI is InChI=1S/C21H26F3N5O.C3H4O/c1-27-8-10-28(11-9-27)14-16-4-7-18(12-19(16)21(22,23)24)29(20(26)30)17-5-2-15(13-25)3-6-17;4-3-1-2-3/h2-7,12H,8-11,13-14,25H2,1H3,(H2,26,30);1-2H2. The molecule has 1 aliphatic carbocycles. The van der Waals surface area contributed by atoms with Crippen molar-refractivity contribution in [3.05, 3.63) is 59.2 Å². The Labute approximate surface area is 197 Å². The lowest BCUT2D eigenvalue weighted by Crippen LogP contribution is -2.44. The van der Waals surface area contributed by atoms with Gasteiger partial charge in [-0.2, -0.15) is 13.2 Å². The van der Waals surface area contributed by atoms with E-state index in [0.717, 1.165) is 42.5 Å². The number of halogens is 3. The summed E-state index contributed by atoms with van der Waals surface area (Å²) in [6, 6.07) is 9.69. The third-order valence-corrected chi connectivity index (χ3v) is 5.75. The molecule has 0 spiro atoms. The van der Waals surface area contributed by atoms with Crippen LogP contribution in [0, 0.1) is 0 Å². The number of urea groups is 1. The molecule has 0 atom stereocenters. The highest BCUT2D eigenvalue weighted by Crippen LogP contribution is 2.37. The van der Waals surface area contributed by atoms with Crippen molar-refractivity contribution in [3.8, 4) is 0 Å². The van der Waals surface area contributed by atoms with Crippen LogP contribution in [0.4, 0.5) is 29.3 Å². The van der Waals surface area contributed by atoms with Gasteiger partial charge in [-0.3, -0.25) is 14.6 Å². The molecule has 0 radical (unpaired) electrons. The normalized spacial score (nSPS) is 16.6. The number of piperazine rings is 1. The summed E-state index contributed by atoms with van der Waals surface area (Å²) in [7, 11) is 1.99. The predicted molar refractivity (Wildman–Crippen MR) is 125 cm³/mol. The van der Waals surface area contributed by atoms with Crippen LogP contribution in [0.1, 0.15) is 29.5 Å². The van der Waals surface area contributed by atoms with E-state index in [1.54, 1.807) is 24.3 Å². The number of likely N-dealkylation sites (N-methyl/N-ethyl adjacent to an activating group) is 1. The fourth-order valence-electron chi connectivity index (χ4n) is 3.59. The Bertz CT molecular complexity index is 997. The Hall–Kier alpha value is -2.95. The number of alkyl halides is 3. The average molecular weight is 478 g/mol. The average Bonchev–Trinajstić information content (AvgIpc) is 3.58. The van der Waals surface area contributed by atoms with E-state index < -0.39 is 17.8 Å². The molecule has 1 saturated heterocycles. The van der Waals surface area contributed by atoms with Gasteiger partial charge < -0.3 is 16.4 Å². The number of carbonyl (C=O) groups excluding carboxylic acids is 2. The molecular formula is C24H30F3N5O2. The maximum Gasteiger partial charge on any atom is 0.416 e. The van der Waals surface area contributed by atoms with Crippen molar-refractivity contribution in [2.24, 2.45) is 11.5 Å². The number of anilines is 2. The summed E-state index contributed by atoms with van der Waals surface area (Å²) in [5.41, 5.74) is 11.8. The van der Waals surface area contributed by atoms with Crippen molar-refractivity contribution in [3.63, 3.8) is 0 Å². The van der Waals surface area contributed by atoms with E-state index in [2.05, 4.69) is 4.90 Å². The molecule has 4 rings (SSSR count). The Kier molecular flexibility index (Phi) is 8.29. The molecule has 1 saturated carbocycles. The van der Waals surface area contributed by atoms with Crippen LogP contribution >= 0.6 is 0 Å². The van der Waals surface area contributed by atoms with Gasteiger partial charge in [0, 0.05) is 52.1 Å². The number of nitrogens with zero attached hydrogens (tertiary/aromatic N) is 3. The Morgan fingerprint density at radius 3 is 2.03 bits per heavy atom. The predicted octanol–water partition coefficient (Wildman–Crippen LogP) is 3.48. The van der Waals surface area contributed by atoms with Crippen molar-refractivity contribution >= 4 is 23.2 Å². The summed E-state index contributed by atoms with van der Waals surface area (Å²) >= 11 is 0. The topological polar surface area (TPSA) is 95.9 Å². The number of hydrogen-bond donors (Lipinski definition) is 2. The van der Waals surface area contributed by atoms with Gasteiger partial charge >= 0.3 is 12.2 Å². The van der Waals surface area contributed by atoms with Crippen LogP contribution in [0.3, 0.4) is 0 Å². The first kappa shape index (κ1) is 25.7. The molecule has 1 aliphatic heterocycles. The van der Waals surface area contributed by atoms with Gasteiger partial charge in [-0.1, -0.05) is 18.2 Å². The van der Waals surface area contributed by atoms with Crippen LogP contribution in [0.25, 0.3) is 0 Å². The molecule has 4 N–H and O–H groups in total. The molecule has 0 aromatic heterocycles. The number of ketones is 1. The van der Waals surface area contributed by atoms with E-state index in [1.807, 2.05) is 11.9 Å². The minimum absolute atomic E-state index is 0.0671. The van der Waals surface area contributed by atoms with Crippen molar-refractivity contribution in [1.82, 2.24) is 9.80 Å². The van der Waals surface area contributed by atoms with Crippen LogP contribution in [0.5, 0.6) is 0 Å². The fraction of sp³-hybridized carbons (Fsp3) is 0.417. The van der Waals surface area contributed by atoms with Crippen LogP contribution in [-0.2, 0) is 24.1 Å². The maximum atomic E-state index is 13.8. The first-order valence-corrected chi connectivity index (χ1v) is 11.1. The number of rotatable bonds is 5. The highest BCUT2D eigenvalue weighted by atomic mass is 19.4. The van der Waals surface area contributed by atoms with Crippen molar-refractivity contribution in [2.75, 3.05) is 38.1 Å². The highest BCUT2D eigenvalue weighted by molar-refractivity contribution is 5.98. The summed E-state index contributed by atoms with van der Waals surface area (Å²) in [5.74, 6) is 0.417. The number of Topliss-reactive ketones (excluding diaryl/α,β-unsaturated/α-hetero) is 1. The van der Waals surface area contributed by atoms with Gasteiger partial charge in [0.15, 0.2) is 0 Å². The molecule has 10 heteroatoms. The number of benzene rings is 2. The van der Waals surface area contributed by atoms with Gasteiger partial charge in [-0.15, -0.1) is 0 Å². The van der Waals surface area contributed by atoms with Crippen LogP contribution in [0.2, 0.25) is 0 Å². The zero-order chi connectivity index (χ0) is 24.9. The lowest BCUT2D eigenvalue weighted by molar-refractivity contribution is -0.138. The second-order valence-corrected chi connectivity index (χ2v) is 8.50. The molecule has 2 aromatic rings. The second-order valence-electron chi connectivity index (χ2n) is 8.50. The number of nitrogens with two attached hydrogens (primary N) is 2. The molecule has 0 unspecified atom stereocenters. The summed E-state index contributed by atoms with van der Waals surface area (Å²) < 4.78 is 41.5. The maximum absolute atomic E-state index is 13.8. The van der Waals surface area contributed by atoms with Gasteiger partial charge in [0.2, 0.25) is 0 Å².